The molecule has 0 radical (unpaired) electrons. The van der Waals surface area contributed by atoms with Crippen LogP contribution in [-0.4, -0.2) is 26.5 Å². The van der Waals surface area contributed by atoms with Crippen LogP contribution in [0.4, 0.5) is 0 Å². The van der Waals surface area contributed by atoms with Crippen LogP contribution in [0, 0.1) is 23.7 Å². The quantitative estimate of drug-likeness (QED) is 0.821. The summed E-state index contributed by atoms with van der Waals surface area (Å²) in [4.78, 5) is 0. The van der Waals surface area contributed by atoms with E-state index in [1.807, 2.05) is 0 Å². The van der Waals surface area contributed by atoms with Crippen LogP contribution in [0.3, 0.4) is 0 Å². The Morgan fingerprint density at radius 3 is 1.94 bits per heavy atom. The lowest BCUT2D eigenvalue weighted by Crippen LogP contribution is -2.50. The molecule has 1 heterocycles. The molecule has 0 saturated heterocycles. The molecule has 0 amide bonds. The van der Waals surface area contributed by atoms with E-state index >= 15 is 0 Å². The number of halogens is 1. The molecular formula is C12H15ClN4O. The first-order chi connectivity index (χ1) is 8.78. The van der Waals surface area contributed by atoms with Gasteiger partial charge in [-0.05, 0) is 67.4 Å². The number of nitrogens with zero attached hydrogens (tertiary/aromatic N) is 4. The molecule has 0 aromatic carbocycles. The van der Waals surface area contributed by atoms with Crippen LogP contribution >= 0.6 is 11.6 Å². The van der Waals surface area contributed by atoms with Crippen LogP contribution < -0.4 is 4.74 Å². The Kier molecular flexibility index (Phi) is 2.43. The second kappa shape index (κ2) is 4.02. The van der Waals surface area contributed by atoms with E-state index in [4.69, 9.17) is 16.3 Å². The molecule has 1 aromatic rings. The average molecular weight is 267 g/mol. The van der Waals surface area contributed by atoms with E-state index in [0.29, 0.717) is 11.8 Å². The molecule has 18 heavy (non-hydrogen) atoms. The predicted molar refractivity (Wildman–Crippen MR) is 64.1 cm³/mol. The molecule has 0 aliphatic heterocycles. The Bertz CT molecular complexity index is 424. The third-order valence-corrected chi connectivity index (χ3v) is 4.97. The van der Waals surface area contributed by atoms with Gasteiger partial charge in [-0.1, -0.05) is 10.2 Å². The summed E-state index contributed by atoms with van der Waals surface area (Å²) >= 11 is 5.57. The standard InChI is InChI=1S/C12H15ClN4O/c13-11-14-16-12(17-15-11)18-10-8-2-6-1-7(4-8)5-9(10)3-6/h6-10H,1-5H2. The average Bonchev–Trinajstić information content (AvgIpc) is 2.35. The lowest BCUT2D eigenvalue weighted by molar-refractivity contribution is -0.0828. The summed E-state index contributed by atoms with van der Waals surface area (Å²) in [6.07, 6.45) is 6.96. The van der Waals surface area contributed by atoms with E-state index in [1.165, 1.54) is 32.1 Å². The van der Waals surface area contributed by atoms with Crippen LogP contribution in [0.15, 0.2) is 0 Å². The van der Waals surface area contributed by atoms with E-state index in [2.05, 4.69) is 20.4 Å². The highest BCUT2D eigenvalue weighted by atomic mass is 35.5. The van der Waals surface area contributed by atoms with Gasteiger partial charge >= 0.3 is 6.01 Å². The van der Waals surface area contributed by atoms with Crippen molar-refractivity contribution in [3.05, 3.63) is 5.28 Å². The van der Waals surface area contributed by atoms with Gasteiger partial charge in [0.15, 0.2) is 0 Å². The van der Waals surface area contributed by atoms with E-state index in [-0.39, 0.29) is 17.4 Å². The Balaban J connectivity index is 1.53. The first-order valence-corrected chi connectivity index (χ1v) is 7.05. The predicted octanol–water partition coefficient (Wildman–Crippen LogP) is 2.12. The highest BCUT2D eigenvalue weighted by Gasteiger charge is 2.49. The number of aromatic nitrogens is 4. The van der Waals surface area contributed by atoms with Crippen LogP contribution in [-0.2, 0) is 0 Å². The summed E-state index contributed by atoms with van der Waals surface area (Å²) < 4.78 is 5.94. The van der Waals surface area contributed by atoms with Gasteiger partial charge in [-0.2, -0.15) is 0 Å². The van der Waals surface area contributed by atoms with Crippen LogP contribution in [0.5, 0.6) is 6.01 Å². The normalized spacial score (nSPS) is 41.1. The molecule has 0 atom stereocenters. The van der Waals surface area contributed by atoms with Crippen molar-refractivity contribution >= 4 is 11.6 Å². The van der Waals surface area contributed by atoms with Gasteiger partial charge in [0, 0.05) is 0 Å². The van der Waals surface area contributed by atoms with Gasteiger partial charge in [0.05, 0.1) is 0 Å². The zero-order valence-electron chi connectivity index (χ0n) is 10.00. The van der Waals surface area contributed by atoms with Crippen molar-refractivity contribution in [3.63, 3.8) is 0 Å². The van der Waals surface area contributed by atoms with Gasteiger partial charge in [-0.3, -0.25) is 0 Å². The van der Waals surface area contributed by atoms with Crippen LogP contribution in [0.25, 0.3) is 0 Å². The van der Waals surface area contributed by atoms with Gasteiger partial charge in [0.1, 0.15) is 6.10 Å². The van der Waals surface area contributed by atoms with Crippen LogP contribution in [0.1, 0.15) is 32.1 Å². The molecule has 4 aliphatic carbocycles. The first kappa shape index (κ1) is 10.9. The smallest absolute Gasteiger partial charge is 0.355 e. The topological polar surface area (TPSA) is 60.8 Å². The Morgan fingerprint density at radius 2 is 1.39 bits per heavy atom. The molecule has 5 nitrogen and oxygen atoms in total. The van der Waals surface area contributed by atoms with Crippen molar-refractivity contribution < 1.29 is 4.74 Å². The number of ether oxygens (including phenoxy) is 1. The zero-order chi connectivity index (χ0) is 12.1. The molecule has 5 rings (SSSR count). The van der Waals surface area contributed by atoms with E-state index in [0.717, 1.165) is 11.8 Å². The lowest BCUT2D eigenvalue weighted by Gasteiger charge is -2.53. The maximum absolute atomic E-state index is 5.94. The second-order valence-corrected chi connectivity index (χ2v) is 6.30. The van der Waals surface area contributed by atoms with Crippen molar-refractivity contribution in [2.24, 2.45) is 23.7 Å². The minimum absolute atomic E-state index is 0.0624. The molecule has 1 aromatic heterocycles. The van der Waals surface area contributed by atoms with Crippen molar-refractivity contribution in [3.8, 4) is 6.01 Å². The molecule has 0 spiro atoms. The summed E-state index contributed by atoms with van der Waals surface area (Å²) in [7, 11) is 0. The molecule has 0 unspecified atom stereocenters. The fourth-order valence-electron chi connectivity index (χ4n) is 4.44. The van der Waals surface area contributed by atoms with Crippen molar-refractivity contribution in [1.29, 1.82) is 0 Å². The maximum atomic E-state index is 5.94. The molecule has 4 saturated carbocycles. The molecule has 6 heteroatoms. The summed E-state index contributed by atoms with van der Waals surface area (Å²) in [6.45, 7) is 0. The van der Waals surface area contributed by atoms with Gasteiger partial charge in [0.2, 0.25) is 0 Å². The molecule has 96 valence electrons. The summed E-state index contributed by atoms with van der Waals surface area (Å²) in [5.74, 6) is 3.24. The Labute approximate surface area is 110 Å². The monoisotopic (exact) mass is 266 g/mol. The highest BCUT2D eigenvalue weighted by molar-refractivity contribution is 6.28. The summed E-state index contributed by atoms with van der Waals surface area (Å²) in [6, 6.07) is 0.275. The number of hydrogen-bond donors (Lipinski definition) is 0. The van der Waals surface area contributed by atoms with Gasteiger partial charge in [-0.15, -0.1) is 10.2 Å². The number of hydrogen-bond acceptors (Lipinski definition) is 5. The largest absolute Gasteiger partial charge is 0.457 e. The fraction of sp³-hybridized carbons (Fsp3) is 0.833. The minimum Gasteiger partial charge on any atom is -0.457 e. The molecular weight excluding hydrogens is 252 g/mol. The third kappa shape index (κ3) is 1.76. The maximum Gasteiger partial charge on any atom is 0.355 e. The Hall–Kier alpha value is -0.970. The summed E-state index contributed by atoms with van der Waals surface area (Å²) in [5, 5.41) is 15.1. The summed E-state index contributed by atoms with van der Waals surface area (Å²) in [5.41, 5.74) is 0. The van der Waals surface area contributed by atoms with Crippen molar-refractivity contribution in [2.45, 2.75) is 38.2 Å². The SMILES string of the molecule is Clc1nnc(OC2C3CC4CC(C3)CC2C4)nn1. The molecule has 4 bridgehead atoms. The molecule has 4 fully saturated rings. The minimum atomic E-state index is 0.0624. The first-order valence-electron chi connectivity index (χ1n) is 6.67. The second-order valence-electron chi connectivity index (χ2n) is 5.96. The molecule has 0 N–H and O–H groups in total. The highest BCUT2D eigenvalue weighted by Crippen LogP contribution is 2.54. The van der Waals surface area contributed by atoms with Gasteiger partial charge < -0.3 is 4.74 Å². The van der Waals surface area contributed by atoms with E-state index in [9.17, 15) is 0 Å². The van der Waals surface area contributed by atoms with E-state index in [1.54, 1.807) is 0 Å². The van der Waals surface area contributed by atoms with Crippen LogP contribution in [0.2, 0.25) is 5.28 Å². The van der Waals surface area contributed by atoms with Crippen molar-refractivity contribution in [1.82, 2.24) is 20.4 Å². The van der Waals surface area contributed by atoms with Gasteiger partial charge in [-0.25, -0.2) is 0 Å². The lowest BCUT2D eigenvalue weighted by atomic mass is 9.55. The molecule has 4 aliphatic rings. The van der Waals surface area contributed by atoms with E-state index < -0.39 is 0 Å². The Morgan fingerprint density at radius 1 is 0.833 bits per heavy atom. The third-order valence-electron chi connectivity index (χ3n) is 4.82. The fourth-order valence-corrected chi connectivity index (χ4v) is 4.52. The van der Waals surface area contributed by atoms with Crippen molar-refractivity contribution in [2.75, 3.05) is 0 Å². The van der Waals surface area contributed by atoms with Gasteiger partial charge in [0.25, 0.3) is 5.28 Å². The zero-order valence-corrected chi connectivity index (χ0v) is 10.8. The number of rotatable bonds is 2.